The van der Waals surface area contributed by atoms with Crippen molar-refractivity contribution in [3.63, 3.8) is 0 Å². The molecule has 0 saturated carbocycles. The van der Waals surface area contributed by atoms with Crippen molar-refractivity contribution in [1.82, 2.24) is 9.55 Å². The van der Waals surface area contributed by atoms with E-state index in [-0.39, 0.29) is 11.6 Å². The van der Waals surface area contributed by atoms with Gasteiger partial charge in [-0.3, -0.25) is 5.41 Å². The number of aliphatic hydroxyl groups excluding tert-OH is 1. The zero-order chi connectivity index (χ0) is 19.8. The number of aliphatic hydroxyl groups is 1. The van der Waals surface area contributed by atoms with Crippen LogP contribution in [0.25, 0.3) is 16.6 Å². The molecule has 0 bridgehead atoms. The van der Waals surface area contributed by atoms with Crippen LogP contribution in [0.3, 0.4) is 0 Å². The van der Waals surface area contributed by atoms with Gasteiger partial charge in [-0.25, -0.2) is 4.98 Å². The minimum atomic E-state index is 0.190. The number of hydrogen-bond donors (Lipinski definition) is 2. The van der Waals surface area contributed by atoms with Crippen molar-refractivity contribution in [2.45, 2.75) is 33.1 Å². The van der Waals surface area contributed by atoms with Crippen molar-refractivity contribution < 1.29 is 5.11 Å². The number of fused-ring (bicyclic) bond motifs is 1. The first kappa shape index (κ1) is 18.3. The molecule has 3 aromatic rings. The second-order valence-electron chi connectivity index (χ2n) is 7.51. The molecule has 28 heavy (non-hydrogen) atoms. The van der Waals surface area contributed by atoms with Gasteiger partial charge in [-0.2, -0.15) is 0 Å². The lowest BCUT2D eigenvalue weighted by atomic mass is 10.1. The highest BCUT2D eigenvalue weighted by atomic mass is 16.3. The van der Waals surface area contributed by atoms with Gasteiger partial charge in [0, 0.05) is 12.7 Å². The molecular weight excluding hydrogens is 348 g/mol. The Balaban J connectivity index is 1.65. The molecule has 0 aliphatic carbocycles. The Kier molecular flexibility index (Phi) is 4.67. The van der Waals surface area contributed by atoms with Gasteiger partial charge in [-0.15, -0.1) is 0 Å². The van der Waals surface area contributed by atoms with Gasteiger partial charge in [-0.05, 0) is 55.2 Å². The largest absolute Gasteiger partial charge is 0.509 e. The first-order chi connectivity index (χ1) is 13.5. The zero-order valence-electron chi connectivity index (χ0n) is 16.7. The second kappa shape index (κ2) is 7.15. The second-order valence-corrected chi connectivity index (χ2v) is 7.51. The number of rotatable bonds is 5. The van der Waals surface area contributed by atoms with E-state index in [9.17, 15) is 5.11 Å². The Morgan fingerprint density at radius 3 is 2.61 bits per heavy atom. The molecule has 0 amide bonds. The highest BCUT2D eigenvalue weighted by Gasteiger charge is 2.32. The molecule has 0 radical (unpaired) electrons. The number of hydrogen-bond acceptors (Lipinski definition) is 3. The van der Waals surface area contributed by atoms with E-state index in [4.69, 9.17) is 10.4 Å². The van der Waals surface area contributed by atoms with Gasteiger partial charge in [0.05, 0.1) is 23.2 Å². The molecule has 0 saturated heterocycles. The minimum absolute atomic E-state index is 0.190. The van der Waals surface area contributed by atoms with Crippen LogP contribution in [0.1, 0.15) is 36.7 Å². The lowest BCUT2D eigenvalue weighted by Crippen LogP contribution is -2.26. The summed E-state index contributed by atoms with van der Waals surface area (Å²) in [5.74, 6) is 1.11. The van der Waals surface area contributed by atoms with Gasteiger partial charge >= 0.3 is 0 Å². The van der Waals surface area contributed by atoms with Crippen molar-refractivity contribution in [2.24, 2.45) is 7.05 Å². The fourth-order valence-electron chi connectivity index (χ4n) is 3.79. The molecule has 144 valence electrons. The molecule has 0 spiro atoms. The molecule has 2 N–H and O–H groups in total. The highest BCUT2D eigenvalue weighted by Crippen LogP contribution is 2.32. The Morgan fingerprint density at radius 1 is 1.14 bits per heavy atom. The van der Waals surface area contributed by atoms with Crippen molar-refractivity contribution >= 4 is 28.1 Å². The van der Waals surface area contributed by atoms with Gasteiger partial charge in [-0.1, -0.05) is 31.5 Å². The highest BCUT2D eigenvalue weighted by molar-refractivity contribution is 6.30. The van der Waals surface area contributed by atoms with E-state index in [1.165, 1.54) is 18.4 Å². The number of aryl methyl sites for hydroxylation is 3. The van der Waals surface area contributed by atoms with Crippen molar-refractivity contribution in [1.29, 1.82) is 5.41 Å². The van der Waals surface area contributed by atoms with Gasteiger partial charge in [0.15, 0.2) is 0 Å². The molecule has 0 atom stereocenters. The van der Waals surface area contributed by atoms with Gasteiger partial charge < -0.3 is 14.6 Å². The number of nitrogens with one attached hydrogen (secondary N) is 1. The monoisotopic (exact) mass is 374 g/mol. The lowest BCUT2D eigenvalue weighted by Gasteiger charge is -2.19. The van der Waals surface area contributed by atoms with Gasteiger partial charge in [0.2, 0.25) is 0 Å². The maximum absolute atomic E-state index is 10.7. The molecule has 5 heteroatoms. The summed E-state index contributed by atoms with van der Waals surface area (Å²) in [6.07, 6.45) is 3.43. The summed E-state index contributed by atoms with van der Waals surface area (Å²) in [7, 11) is 1.93. The quantitative estimate of drug-likeness (QED) is 0.661. The SMILES string of the molecule is CCCCc1ccc(N2CC(O)=C(c3nc4cc(C)ccc4n3C)C2=N)cc1. The van der Waals surface area contributed by atoms with Crippen LogP contribution >= 0.6 is 0 Å². The Labute approximate surface area is 165 Å². The predicted molar refractivity (Wildman–Crippen MR) is 115 cm³/mol. The average molecular weight is 374 g/mol. The first-order valence-electron chi connectivity index (χ1n) is 9.80. The minimum Gasteiger partial charge on any atom is -0.509 e. The van der Waals surface area contributed by atoms with E-state index in [2.05, 4.69) is 25.1 Å². The maximum Gasteiger partial charge on any atom is 0.148 e. The topological polar surface area (TPSA) is 65.1 Å². The molecule has 0 unspecified atom stereocenters. The van der Waals surface area contributed by atoms with E-state index < -0.39 is 0 Å². The van der Waals surface area contributed by atoms with E-state index in [1.54, 1.807) is 0 Å². The van der Waals surface area contributed by atoms with Crippen LogP contribution in [-0.4, -0.2) is 27.0 Å². The molecule has 2 aromatic carbocycles. The van der Waals surface area contributed by atoms with Crippen LogP contribution < -0.4 is 4.90 Å². The third-order valence-corrected chi connectivity index (χ3v) is 5.43. The van der Waals surface area contributed by atoms with Crippen LogP contribution in [0.4, 0.5) is 5.69 Å². The fourth-order valence-corrected chi connectivity index (χ4v) is 3.79. The van der Waals surface area contributed by atoms with Crippen LogP contribution in [-0.2, 0) is 13.5 Å². The third-order valence-electron chi connectivity index (χ3n) is 5.43. The number of unbranched alkanes of at least 4 members (excludes halogenated alkanes) is 1. The first-order valence-corrected chi connectivity index (χ1v) is 9.80. The van der Waals surface area contributed by atoms with E-state index in [1.807, 2.05) is 47.7 Å². The number of amidine groups is 1. The van der Waals surface area contributed by atoms with Gasteiger partial charge in [0.1, 0.15) is 17.4 Å². The Hall–Kier alpha value is -3.08. The molecule has 1 aromatic heterocycles. The molecule has 4 rings (SSSR count). The predicted octanol–water partition coefficient (Wildman–Crippen LogP) is 4.99. The van der Waals surface area contributed by atoms with Crippen LogP contribution in [0.2, 0.25) is 0 Å². The maximum atomic E-state index is 10.7. The molecule has 1 aliphatic heterocycles. The van der Waals surface area contributed by atoms with Crippen molar-refractivity contribution in [2.75, 3.05) is 11.4 Å². The number of aromatic nitrogens is 2. The molecular formula is C23H26N4O. The summed E-state index contributed by atoms with van der Waals surface area (Å²) in [6, 6.07) is 14.4. The molecule has 1 aliphatic rings. The van der Waals surface area contributed by atoms with Crippen LogP contribution in [0.5, 0.6) is 0 Å². The smallest absolute Gasteiger partial charge is 0.148 e. The van der Waals surface area contributed by atoms with Crippen LogP contribution in [0, 0.1) is 12.3 Å². The van der Waals surface area contributed by atoms with Gasteiger partial charge in [0.25, 0.3) is 0 Å². The summed E-state index contributed by atoms with van der Waals surface area (Å²) in [4.78, 5) is 6.54. The number of imidazole rings is 1. The molecule has 0 fully saturated rings. The Bertz CT molecular complexity index is 1080. The summed E-state index contributed by atoms with van der Waals surface area (Å²) in [5, 5.41) is 19.4. The normalized spacial score (nSPS) is 14.5. The fraction of sp³-hybridized carbons (Fsp3) is 0.304. The number of benzene rings is 2. The number of nitrogens with zero attached hydrogens (tertiary/aromatic N) is 3. The van der Waals surface area contributed by atoms with E-state index in [0.29, 0.717) is 17.9 Å². The summed E-state index contributed by atoms with van der Waals surface area (Å²) < 4.78 is 1.95. The average Bonchev–Trinajstić information content (AvgIpc) is 3.16. The third kappa shape index (κ3) is 3.07. The Morgan fingerprint density at radius 2 is 1.89 bits per heavy atom. The zero-order valence-corrected chi connectivity index (χ0v) is 16.7. The number of anilines is 1. The molecule has 5 nitrogen and oxygen atoms in total. The lowest BCUT2D eigenvalue weighted by molar-refractivity contribution is 0.411. The van der Waals surface area contributed by atoms with Crippen molar-refractivity contribution in [3.05, 3.63) is 65.2 Å². The van der Waals surface area contributed by atoms with E-state index in [0.717, 1.165) is 28.7 Å². The summed E-state index contributed by atoms with van der Waals surface area (Å²) >= 11 is 0. The standard InChI is InChI=1S/C23H26N4O/c1-4-5-6-16-8-10-17(11-9-16)27-14-20(28)21(22(27)24)23-25-18-13-15(2)7-12-19(18)26(23)3/h7-13,24,28H,4-6,14H2,1-3H3. The van der Waals surface area contributed by atoms with Crippen LogP contribution in [0.15, 0.2) is 48.2 Å². The summed E-state index contributed by atoms with van der Waals surface area (Å²) in [5.41, 5.74) is 5.74. The summed E-state index contributed by atoms with van der Waals surface area (Å²) in [6.45, 7) is 4.52. The van der Waals surface area contributed by atoms with Crippen molar-refractivity contribution in [3.8, 4) is 0 Å². The van der Waals surface area contributed by atoms with E-state index >= 15 is 0 Å². The molecule has 2 heterocycles.